The van der Waals surface area contributed by atoms with E-state index >= 15 is 0 Å². The van der Waals surface area contributed by atoms with Crippen LogP contribution in [-0.2, 0) is 0 Å². The standard InChI is InChI=1S/C18H22FN3/c1-20-17(13-22-10-2-3-11-22)15-6-4-14(5-7-15)16-8-9-21-18(19)12-16/h4-9,12,17,20H,2-3,10-11,13H2,1H3. The number of nitrogens with one attached hydrogen (secondary N) is 1. The van der Waals surface area contributed by atoms with Crippen molar-refractivity contribution < 1.29 is 4.39 Å². The lowest BCUT2D eigenvalue weighted by atomic mass is 10.0. The third-order valence-corrected chi connectivity index (χ3v) is 4.36. The summed E-state index contributed by atoms with van der Waals surface area (Å²) in [5.41, 5.74) is 3.15. The van der Waals surface area contributed by atoms with Gasteiger partial charge in [0.1, 0.15) is 0 Å². The van der Waals surface area contributed by atoms with Crippen LogP contribution in [0, 0.1) is 5.95 Å². The molecule has 0 saturated carbocycles. The quantitative estimate of drug-likeness (QED) is 0.859. The van der Waals surface area contributed by atoms with Gasteiger partial charge in [-0.05, 0) is 55.7 Å². The van der Waals surface area contributed by atoms with Crippen LogP contribution in [0.3, 0.4) is 0 Å². The fourth-order valence-electron chi connectivity index (χ4n) is 3.08. The zero-order valence-corrected chi connectivity index (χ0v) is 12.9. The highest BCUT2D eigenvalue weighted by atomic mass is 19.1. The molecule has 1 aliphatic rings. The van der Waals surface area contributed by atoms with E-state index in [0.29, 0.717) is 6.04 Å². The predicted octanol–water partition coefficient (Wildman–Crippen LogP) is 3.24. The molecule has 2 heterocycles. The summed E-state index contributed by atoms with van der Waals surface area (Å²) >= 11 is 0. The summed E-state index contributed by atoms with van der Waals surface area (Å²) in [5.74, 6) is -0.441. The summed E-state index contributed by atoms with van der Waals surface area (Å²) in [4.78, 5) is 6.11. The molecule has 22 heavy (non-hydrogen) atoms. The molecule has 2 aromatic rings. The largest absolute Gasteiger partial charge is 0.312 e. The molecule has 1 aromatic heterocycles. The van der Waals surface area contributed by atoms with Crippen molar-refractivity contribution in [3.63, 3.8) is 0 Å². The summed E-state index contributed by atoms with van der Waals surface area (Å²) in [5, 5.41) is 3.40. The van der Waals surface area contributed by atoms with E-state index in [1.165, 1.54) is 43.8 Å². The highest BCUT2D eigenvalue weighted by Gasteiger charge is 2.17. The van der Waals surface area contributed by atoms with Crippen LogP contribution < -0.4 is 5.32 Å². The zero-order chi connectivity index (χ0) is 15.4. The van der Waals surface area contributed by atoms with Gasteiger partial charge in [0.2, 0.25) is 5.95 Å². The van der Waals surface area contributed by atoms with Crippen LogP contribution in [0.15, 0.2) is 42.6 Å². The molecular formula is C18H22FN3. The number of rotatable bonds is 5. The van der Waals surface area contributed by atoms with E-state index in [1.807, 2.05) is 13.1 Å². The second-order valence-electron chi connectivity index (χ2n) is 5.84. The topological polar surface area (TPSA) is 28.2 Å². The average molecular weight is 299 g/mol. The van der Waals surface area contributed by atoms with Crippen LogP contribution in [0.1, 0.15) is 24.4 Å². The number of aromatic nitrogens is 1. The van der Waals surface area contributed by atoms with Crippen LogP contribution >= 0.6 is 0 Å². The third-order valence-electron chi connectivity index (χ3n) is 4.36. The van der Waals surface area contributed by atoms with Gasteiger partial charge in [-0.2, -0.15) is 4.39 Å². The maximum absolute atomic E-state index is 13.2. The Labute approximate surface area is 131 Å². The van der Waals surface area contributed by atoms with Gasteiger partial charge >= 0.3 is 0 Å². The zero-order valence-electron chi connectivity index (χ0n) is 12.9. The average Bonchev–Trinajstić information content (AvgIpc) is 3.06. The minimum absolute atomic E-state index is 0.335. The normalized spacial score (nSPS) is 16.8. The number of likely N-dealkylation sites (N-methyl/N-ethyl adjacent to an activating group) is 1. The van der Waals surface area contributed by atoms with Crippen molar-refractivity contribution in [1.29, 1.82) is 0 Å². The first-order valence-electron chi connectivity index (χ1n) is 7.88. The Morgan fingerprint density at radius 2 is 1.86 bits per heavy atom. The number of benzene rings is 1. The van der Waals surface area contributed by atoms with Gasteiger partial charge in [0.15, 0.2) is 0 Å². The molecule has 1 atom stereocenters. The fourth-order valence-corrected chi connectivity index (χ4v) is 3.08. The fraction of sp³-hybridized carbons (Fsp3) is 0.389. The van der Waals surface area contributed by atoms with E-state index < -0.39 is 5.95 Å². The van der Waals surface area contributed by atoms with Crippen molar-refractivity contribution in [2.45, 2.75) is 18.9 Å². The number of halogens is 1. The smallest absolute Gasteiger partial charge is 0.213 e. The van der Waals surface area contributed by atoms with Gasteiger partial charge in [-0.25, -0.2) is 4.98 Å². The lowest BCUT2D eigenvalue weighted by Gasteiger charge is -2.23. The van der Waals surface area contributed by atoms with Crippen LogP contribution in [-0.4, -0.2) is 36.6 Å². The Bertz CT molecular complexity index is 606. The van der Waals surface area contributed by atoms with E-state index in [0.717, 1.165) is 17.7 Å². The van der Waals surface area contributed by atoms with Crippen LogP contribution in [0.2, 0.25) is 0 Å². The van der Waals surface area contributed by atoms with Crippen molar-refractivity contribution in [3.8, 4) is 11.1 Å². The van der Waals surface area contributed by atoms with E-state index in [1.54, 1.807) is 0 Å². The van der Waals surface area contributed by atoms with Gasteiger partial charge in [0, 0.05) is 24.8 Å². The Morgan fingerprint density at radius 1 is 1.14 bits per heavy atom. The summed E-state index contributed by atoms with van der Waals surface area (Å²) < 4.78 is 13.2. The number of nitrogens with zero attached hydrogens (tertiary/aromatic N) is 2. The molecule has 116 valence electrons. The number of hydrogen-bond donors (Lipinski definition) is 1. The van der Waals surface area contributed by atoms with Gasteiger partial charge in [0.05, 0.1) is 0 Å². The van der Waals surface area contributed by atoms with Gasteiger partial charge < -0.3 is 10.2 Å². The summed E-state index contributed by atoms with van der Waals surface area (Å²) in [7, 11) is 2.01. The minimum atomic E-state index is -0.441. The van der Waals surface area contributed by atoms with E-state index in [-0.39, 0.29) is 0 Å². The van der Waals surface area contributed by atoms with Gasteiger partial charge in [-0.3, -0.25) is 0 Å². The Balaban J connectivity index is 1.74. The first-order valence-corrected chi connectivity index (χ1v) is 7.88. The molecule has 4 heteroatoms. The molecule has 0 amide bonds. The van der Waals surface area contributed by atoms with Gasteiger partial charge in [-0.15, -0.1) is 0 Å². The van der Waals surface area contributed by atoms with E-state index in [2.05, 4.69) is 39.5 Å². The van der Waals surface area contributed by atoms with Crippen LogP contribution in [0.25, 0.3) is 11.1 Å². The van der Waals surface area contributed by atoms with Gasteiger partial charge in [-0.1, -0.05) is 24.3 Å². The van der Waals surface area contributed by atoms with Crippen molar-refractivity contribution in [2.24, 2.45) is 0 Å². The third kappa shape index (κ3) is 3.51. The molecule has 1 aromatic carbocycles. The molecule has 1 unspecified atom stereocenters. The molecule has 3 rings (SSSR count). The lowest BCUT2D eigenvalue weighted by Crippen LogP contribution is -2.31. The second-order valence-corrected chi connectivity index (χ2v) is 5.84. The highest BCUT2D eigenvalue weighted by Crippen LogP contribution is 2.23. The Morgan fingerprint density at radius 3 is 2.50 bits per heavy atom. The Kier molecular flexibility index (Phi) is 4.80. The maximum atomic E-state index is 13.2. The molecule has 0 aliphatic carbocycles. The van der Waals surface area contributed by atoms with Crippen molar-refractivity contribution in [1.82, 2.24) is 15.2 Å². The lowest BCUT2D eigenvalue weighted by molar-refractivity contribution is 0.299. The summed E-state index contributed by atoms with van der Waals surface area (Å²) in [6, 6.07) is 12.0. The van der Waals surface area contributed by atoms with Crippen LogP contribution in [0.4, 0.5) is 4.39 Å². The molecule has 0 radical (unpaired) electrons. The first-order chi connectivity index (χ1) is 10.8. The van der Waals surface area contributed by atoms with Crippen LogP contribution in [0.5, 0.6) is 0 Å². The van der Waals surface area contributed by atoms with Crippen molar-refractivity contribution in [3.05, 3.63) is 54.1 Å². The second kappa shape index (κ2) is 6.99. The van der Waals surface area contributed by atoms with Crippen molar-refractivity contribution >= 4 is 0 Å². The van der Waals surface area contributed by atoms with Crippen molar-refractivity contribution in [2.75, 3.05) is 26.7 Å². The molecule has 1 fully saturated rings. The van der Waals surface area contributed by atoms with E-state index in [9.17, 15) is 4.39 Å². The molecule has 1 aliphatic heterocycles. The van der Waals surface area contributed by atoms with E-state index in [4.69, 9.17) is 0 Å². The molecule has 3 nitrogen and oxygen atoms in total. The molecule has 0 spiro atoms. The number of hydrogen-bond acceptors (Lipinski definition) is 3. The highest BCUT2D eigenvalue weighted by molar-refractivity contribution is 5.63. The molecule has 1 N–H and O–H groups in total. The SMILES string of the molecule is CNC(CN1CCCC1)c1ccc(-c2ccnc(F)c2)cc1. The molecule has 1 saturated heterocycles. The molecular weight excluding hydrogens is 277 g/mol. The predicted molar refractivity (Wildman–Crippen MR) is 87.1 cm³/mol. The summed E-state index contributed by atoms with van der Waals surface area (Å²) in [6.45, 7) is 3.44. The number of pyridine rings is 1. The monoisotopic (exact) mass is 299 g/mol. The Hall–Kier alpha value is -1.78. The summed E-state index contributed by atoms with van der Waals surface area (Å²) in [6.07, 6.45) is 4.12. The minimum Gasteiger partial charge on any atom is -0.312 e. The molecule has 0 bridgehead atoms. The maximum Gasteiger partial charge on any atom is 0.213 e. The number of likely N-dealkylation sites (tertiary alicyclic amines) is 1. The first kappa shape index (κ1) is 15.1. The van der Waals surface area contributed by atoms with Gasteiger partial charge in [0.25, 0.3) is 0 Å².